The number of carbonyl (C=O) groups excluding carboxylic acids is 1. The second-order valence-electron chi connectivity index (χ2n) is 3.83. The first-order chi connectivity index (χ1) is 8.06. The van der Waals surface area contributed by atoms with E-state index in [-0.39, 0.29) is 12.2 Å². The average Bonchev–Trinajstić information content (AvgIpc) is 2.63. The van der Waals surface area contributed by atoms with Gasteiger partial charge < -0.3 is 10.3 Å². The second-order valence-corrected chi connectivity index (χ2v) is 4.26. The summed E-state index contributed by atoms with van der Waals surface area (Å²) < 4.78 is 1.81. The van der Waals surface area contributed by atoms with E-state index < -0.39 is 0 Å². The molecule has 0 radical (unpaired) electrons. The minimum atomic E-state index is -0.0477. The Morgan fingerprint density at radius 1 is 1.47 bits per heavy atom. The van der Waals surface area contributed by atoms with Gasteiger partial charge in [-0.2, -0.15) is 0 Å². The number of rotatable bonds is 3. The molecule has 2 aromatic rings. The monoisotopic (exact) mass is 249 g/mol. The Balaban J connectivity index is 2.23. The van der Waals surface area contributed by atoms with Crippen molar-refractivity contribution in [3.63, 3.8) is 0 Å². The van der Waals surface area contributed by atoms with Crippen molar-refractivity contribution in [3.05, 3.63) is 47.0 Å². The van der Waals surface area contributed by atoms with E-state index in [1.165, 1.54) is 0 Å². The van der Waals surface area contributed by atoms with Gasteiger partial charge in [-0.3, -0.25) is 4.79 Å². The summed E-state index contributed by atoms with van der Waals surface area (Å²) in [5, 5.41) is 0.466. The molecule has 0 aliphatic heterocycles. The first-order valence-electron chi connectivity index (χ1n) is 5.12. The third kappa shape index (κ3) is 2.65. The van der Waals surface area contributed by atoms with E-state index in [0.717, 1.165) is 0 Å². The number of halogens is 1. The Labute approximate surface area is 104 Å². The fraction of sp³-hybridized carbons (Fsp3) is 0.167. The van der Waals surface area contributed by atoms with Crippen molar-refractivity contribution < 1.29 is 4.79 Å². The van der Waals surface area contributed by atoms with Crippen LogP contribution in [0.4, 0.5) is 5.69 Å². The van der Waals surface area contributed by atoms with Gasteiger partial charge in [-0.05, 0) is 18.2 Å². The van der Waals surface area contributed by atoms with Crippen molar-refractivity contribution in [2.45, 2.75) is 6.42 Å². The van der Waals surface area contributed by atoms with Gasteiger partial charge in [0, 0.05) is 35.7 Å². The minimum absolute atomic E-state index is 0.0477. The van der Waals surface area contributed by atoms with Crippen LogP contribution >= 0.6 is 11.6 Å². The predicted molar refractivity (Wildman–Crippen MR) is 67.1 cm³/mol. The Kier molecular flexibility index (Phi) is 3.15. The van der Waals surface area contributed by atoms with Crippen LogP contribution in [0.25, 0.3) is 0 Å². The number of aromatic nitrogens is 2. The first kappa shape index (κ1) is 11.7. The number of hydrogen-bond donors (Lipinski definition) is 1. The molecule has 2 N–H and O–H groups in total. The molecular weight excluding hydrogens is 238 g/mol. The lowest BCUT2D eigenvalue weighted by atomic mass is 10.1. The van der Waals surface area contributed by atoms with Gasteiger partial charge in [0.05, 0.1) is 6.42 Å². The predicted octanol–water partition coefficient (Wildman–Crippen LogP) is 2.08. The number of anilines is 1. The lowest BCUT2D eigenvalue weighted by Gasteiger charge is -2.04. The maximum atomic E-state index is 12.0. The summed E-state index contributed by atoms with van der Waals surface area (Å²) in [6, 6.07) is 4.85. The number of Topliss-reactive ketones (excluding diaryl/α,β-unsaturated/α-hetero) is 1. The van der Waals surface area contributed by atoms with E-state index in [1.54, 1.807) is 30.6 Å². The smallest absolute Gasteiger partial charge is 0.170 e. The summed E-state index contributed by atoms with van der Waals surface area (Å²) in [7, 11) is 1.85. The molecule has 17 heavy (non-hydrogen) atoms. The molecule has 5 heteroatoms. The van der Waals surface area contributed by atoms with Crippen molar-refractivity contribution in [3.8, 4) is 0 Å². The largest absolute Gasteiger partial charge is 0.399 e. The Morgan fingerprint density at radius 3 is 2.82 bits per heavy atom. The van der Waals surface area contributed by atoms with Crippen LogP contribution in [0.15, 0.2) is 30.6 Å². The number of nitrogens with two attached hydrogens (primary N) is 1. The van der Waals surface area contributed by atoms with Gasteiger partial charge in [-0.1, -0.05) is 11.6 Å². The molecule has 0 aliphatic rings. The van der Waals surface area contributed by atoms with Crippen molar-refractivity contribution in [1.29, 1.82) is 0 Å². The molecule has 0 spiro atoms. The molecule has 88 valence electrons. The highest BCUT2D eigenvalue weighted by Gasteiger charge is 2.11. The minimum Gasteiger partial charge on any atom is -0.399 e. The summed E-state index contributed by atoms with van der Waals surface area (Å²) >= 11 is 5.85. The van der Waals surface area contributed by atoms with Crippen LogP contribution in [0.2, 0.25) is 5.02 Å². The van der Waals surface area contributed by atoms with Gasteiger partial charge in [0.25, 0.3) is 0 Å². The van der Waals surface area contributed by atoms with Gasteiger partial charge >= 0.3 is 0 Å². The third-order valence-electron chi connectivity index (χ3n) is 2.48. The average molecular weight is 250 g/mol. The number of hydrogen-bond acceptors (Lipinski definition) is 3. The van der Waals surface area contributed by atoms with Crippen LogP contribution in [0, 0.1) is 0 Å². The number of nitrogen functional groups attached to an aromatic ring is 1. The fourth-order valence-corrected chi connectivity index (χ4v) is 1.83. The Bertz CT molecular complexity index is 542. The lowest BCUT2D eigenvalue weighted by molar-refractivity contribution is 0.0990. The summed E-state index contributed by atoms with van der Waals surface area (Å²) in [5.74, 6) is 0.669. The highest BCUT2D eigenvalue weighted by Crippen LogP contribution is 2.18. The zero-order chi connectivity index (χ0) is 12.4. The van der Waals surface area contributed by atoms with Crippen LogP contribution in [0.5, 0.6) is 0 Å². The van der Waals surface area contributed by atoms with Gasteiger partial charge in [-0.15, -0.1) is 0 Å². The molecule has 0 bridgehead atoms. The molecular formula is C12H12ClN3O. The quantitative estimate of drug-likeness (QED) is 0.669. The van der Waals surface area contributed by atoms with Crippen LogP contribution in [0.1, 0.15) is 16.2 Å². The molecule has 0 saturated carbocycles. The summed E-state index contributed by atoms with van der Waals surface area (Å²) in [4.78, 5) is 16.1. The van der Waals surface area contributed by atoms with E-state index in [4.69, 9.17) is 17.3 Å². The maximum absolute atomic E-state index is 12.0. The number of ketones is 1. The zero-order valence-electron chi connectivity index (χ0n) is 9.35. The number of imidazole rings is 1. The van der Waals surface area contributed by atoms with E-state index >= 15 is 0 Å². The topological polar surface area (TPSA) is 60.9 Å². The second kappa shape index (κ2) is 4.59. The highest BCUT2D eigenvalue weighted by molar-refractivity contribution is 6.31. The van der Waals surface area contributed by atoms with Crippen molar-refractivity contribution in [2.75, 3.05) is 5.73 Å². The SMILES string of the molecule is Cn1ccnc1CC(=O)c1cc(N)cc(Cl)c1. The number of aryl methyl sites for hydroxylation is 1. The van der Waals surface area contributed by atoms with Crippen molar-refractivity contribution in [2.24, 2.45) is 7.05 Å². The molecule has 1 aromatic carbocycles. The van der Waals surface area contributed by atoms with Crippen LogP contribution < -0.4 is 5.73 Å². The van der Waals surface area contributed by atoms with Gasteiger partial charge in [0.2, 0.25) is 0 Å². The fourth-order valence-electron chi connectivity index (χ4n) is 1.59. The van der Waals surface area contributed by atoms with E-state index in [9.17, 15) is 4.79 Å². The summed E-state index contributed by atoms with van der Waals surface area (Å²) in [6.07, 6.45) is 3.70. The first-order valence-corrected chi connectivity index (χ1v) is 5.49. The molecule has 0 atom stereocenters. The van der Waals surface area contributed by atoms with Crippen LogP contribution in [-0.2, 0) is 13.5 Å². The van der Waals surface area contributed by atoms with Crippen molar-refractivity contribution >= 4 is 23.1 Å². The van der Waals surface area contributed by atoms with Gasteiger partial charge in [0.1, 0.15) is 5.82 Å². The third-order valence-corrected chi connectivity index (χ3v) is 2.70. The number of benzene rings is 1. The molecule has 2 rings (SSSR count). The van der Waals surface area contributed by atoms with Crippen LogP contribution in [-0.4, -0.2) is 15.3 Å². The van der Waals surface area contributed by atoms with Crippen molar-refractivity contribution in [1.82, 2.24) is 9.55 Å². The molecule has 0 fully saturated rings. The zero-order valence-corrected chi connectivity index (χ0v) is 10.1. The molecule has 0 unspecified atom stereocenters. The standard InChI is InChI=1S/C12H12ClN3O/c1-16-3-2-15-12(16)7-11(17)8-4-9(13)6-10(14)5-8/h2-6H,7,14H2,1H3. The normalized spacial score (nSPS) is 10.5. The highest BCUT2D eigenvalue weighted by atomic mass is 35.5. The van der Waals surface area contributed by atoms with E-state index in [2.05, 4.69) is 4.98 Å². The van der Waals surface area contributed by atoms with E-state index in [0.29, 0.717) is 22.1 Å². The lowest BCUT2D eigenvalue weighted by Crippen LogP contribution is -2.08. The summed E-state index contributed by atoms with van der Waals surface area (Å²) in [5.41, 5.74) is 6.64. The molecule has 0 amide bonds. The Morgan fingerprint density at radius 2 is 2.24 bits per heavy atom. The number of carbonyl (C=O) groups is 1. The maximum Gasteiger partial charge on any atom is 0.170 e. The molecule has 1 aromatic heterocycles. The molecule has 0 aliphatic carbocycles. The van der Waals surface area contributed by atoms with Gasteiger partial charge in [-0.25, -0.2) is 4.98 Å². The van der Waals surface area contributed by atoms with Crippen LogP contribution in [0.3, 0.4) is 0 Å². The molecule has 4 nitrogen and oxygen atoms in total. The number of nitrogens with zero attached hydrogens (tertiary/aromatic N) is 2. The Hall–Kier alpha value is -1.81. The molecule has 1 heterocycles. The summed E-state index contributed by atoms with van der Waals surface area (Å²) in [6.45, 7) is 0. The van der Waals surface area contributed by atoms with E-state index in [1.807, 2.05) is 11.6 Å². The molecule has 0 saturated heterocycles. The van der Waals surface area contributed by atoms with Gasteiger partial charge in [0.15, 0.2) is 5.78 Å².